The Hall–Kier alpha value is -1.84. The lowest BCUT2D eigenvalue weighted by molar-refractivity contribution is 0.0976. The number of carbonyl (C=O) groups excluding carboxylic acids is 1. The molecule has 1 heterocycles. The van der Waals surface area contributed by atoms with Crippen molar-refractivity contribution in [3.05, 3.63) is 67.4 Å². The van der Waals surface area contributed by atoms with E-state index in [-0.39, 0.29) is 26.3 Å². The van der Waals surface area contributed by atoms with E-state index in [2.05, 4.69) is 10.3 Å². The quantitative estimate of drug-likeness (QED) is 0.572. The number of nitrogens with zero attached hydrogens (tertiary/aromatic N) is 3. The number of rotatable bonds is 4. The molecule has 2 aromatic carbocycles. The number of benzene rings is 2. The first-order valence-electron chi connectivity index (χ1n) is 7.92. The third kappa shape index (κ3) is 4.36. The Balaban J connectivity index is 1.96. The van der Waals surface area contributed by atoms with Crippen molar-refractivity contribution in [1.82, 2.24) is 19.7 Å². The zero-order valence-electron chi connectivity index (χ0n) is 14.9. The summed E-state index contributed by atoms with van der Waals surface area (Å²) in [5.74, 6) is -0.970. The van der Waals surface area contributed by atoms with Crippen LogP contribution in [-0.4, -0.2) is 29.3 Å². The van der Waals surface area contributed by atoms with E-state index >= 15 is 0 Å². The van der Waals surface area contributed by atoms with Crippen molar-refractivity contribution in [2.24, 2.45) is 0 Å². The van der Waals surface area contributed by atoms with E-state index in [0.717, 1.165) is 0 Å². The Morgan fingerprint density at radius 1 is 1.00 bits per heavy atom. The number of halogens is 4. The van der Waals surface area contributed by atoms with E-state index in [0.29, 0.717) is 21.3 Å². The molecule has 7 nitrogen and oxygen atoms in total. The minimum absolute atomic E-state index is 0.123. The first kappa shape index (κ1) is 21.9. The molecule has 0 aliphatic carbocycles. The molecule has 0 saturated carbocycles. The lowest BCUT2D eigenvalue weighted by Gasteiger charge is -2.11. The minimum atomic E-state index is -4.26. The van der Waals surface area contributed by atoms with Gasteiger partial charge in [0.1, 0.15) is 4.90 Å². The number of aryl methyl sites for hydroxylation is 1. The summed E-state index contributed by atoms with van der Waals surface area (Å²) >= 11 is 23.9. The van der Waals surface area contributed by atoms with E-state index in [1.54, 1.807) is 19.9 Å². The highest BCUT2D eigenvalue weighted by Crippen LogP contribution is 2.29. The normalized spacial score (nSPS) is 11.5. The van der Waals surface area contributed by atoms with Gasteiger partial charge in [0.25, 0.3) is 15.9 Å². The minimum Gasteiger partial charge on any atom is -0.266 e. The number of hydrogen-bond acceptors (Lipinski definition) is 5. The van der Waals surface area contributed by atoms with Gasteiger partial charge in [-0.2, -0.15) is 0 Å². The lowest BCUT2D eigenvalue weighted by Crippen LogP contribution is -2.31. The van der Waals surface area contributed by atoms with Gasteiger partial charge in [0.05, 0.1) is 21.4 Å². The van der Waals surface area contributed by atoms with Gasteiger partial charge in [-0.15, -0.1) is 5.10 Å². The lowest BCUT2D eigenvalue weighted by atomic mass is 10.2. The summed E-state index contributed by atoms with van der Waals surface area (Å²) in [6.07, 6.45) is 0. The van der Waals surface area contributed by atoms with Gasteiger partial charge in [-0.05, 0) is 49.7 Å². The van der Waals surface area contributed by atoms with Gasteiger partial charge in [0.2, 0.25) is 0 Å². The van der Waals surface area contributed by atoms with Crippen molar-refractivity contribution in [3.63, 3.8) is 0 Å². The fourth-order valence-corrected chi connectivity index (χ4v) is 5.03. The van der Waals surface area contributed by atoms with Crippen LogP contribution in [0.3, 0.4) is 0 Å². The van der Waals surface area contributed by atoms with Crippen molar-refractivity contribution < 1.29 is 13.2 Å². The highest BCUT2D eigenvalue weighted by Gasteiger charge is 2.26. The van der Waals surface area contributed by atoms with Gasteiger partial charge < -0.3 is 0 Å². The molecule has 3 rings (SSSR count). The van der Waals surface area contributed by atoms with Crippen LogP contribution in [-0.2, 0) is 10.0 Å². The van der Waals surface area contributed by atoms with E-state index in [1.807, 2.05) is 4.72 Å². The zero-order chi connectivity index (χ0) is 21.5. The molecule has 0 fully saturated rings. The maximum atomic E-state index is 12.6. The fourth-order valence-electron chi connectivity index (χ4n) is 2.63. The topological polar surface area (TPSA) is 93.9 Å². The molecule has 0 spiro atoms. The zero-order valence-corrected chi connectivity index (χ0v) is 18.7. The van der Waals surface area contributed by atoms with Crippen molar-refractivity contribution in [2.45, 2.75) is 18.7 Å². The molecule has 0 radical (unpaired) electrons. The average molecular weight is 494 g/mol. The van der Waals surface area contributed by atoms with Crippen LogP contribution in [0.5, 0.6) is 0 Å². The summed E-state index contributed by atoms with van der Waals surface area (Å²) in [7, 11) is -4.26. The Kier molecular flexibility index (Phi) is 6.12. The van der Waals surface area contributed by atoms with Gasteiger partial charge in [-0.25, -0.2) is 17.8 Å². The van der Waals surface area contributed by atoms with Crippen molar-refractivity contribution in [1.29, 1.82) is 0 Å². The molecule has 0 saturated heterocycles. The molecule has 0 bridgehead atoms. The van der Waals surface area contributed by atoms with Crippen LogP contribution in [0.15, 0.2) is 35.2 Å². The molecule has 152 valence electrons. The van der Waals surface area contributed by atoms with Crippen LogP contribution >= 0.6 is 46.4 Å². The monoisotopic (exact) mass is 492 g/mol. The number of carbonyl (C=O) groups is 1. The van der Waals surface area contributed by atoms with Crippen LogP contribution in [0.2, 0.25) is 20.1 Å². The standard InChI is InChI=1S/C17H12Cl4N4O3S/c1-8-5-11(19)7-13(21)16(8)25-9(2)15(22-24-25)17(26)23-29(27,28)14-4-3-10(18)6-12(14)20/h3-7H,1-2H3,(H,23,26). The first-order chi connectivity index (χ1) is 13.5. The highest BCUT2D eigenvalue weighted by atomic mass is 35.5. The first-order valence-corrected chi connectivity index (χ1v) is 10.9. The molecule has 0 aliphatic heterocycles. The second kappa shape index (κ2) is 8.12. The Bertz CT molecular complexity index is 1220. The number of nitrogens with one attached hydrogen (secondary N) is 1. The van der Waals surface area contributed by atoms with Crippen LogP contribution in [0.1, 0.15) is 21.7 Å². The Labute approximate surface area is 186 Å². The van der Waals surface area contributed by atoms with Gasteiger partial charge in [-0.3, -0.25) is 4.79 Å². The molecule has 0 atom stereocenters. The van der Waals surface area contributed by atoms with Crippen molar-refractivity contribution in [3.8, 4) is 5.69 Å². The molecule has 12 heteroatoms. The summed E-state index contributed by atoms with van der Waals surface area (Å²) in [6, 6.07) is 7.01. The van der Waals surface area contributed by atoms with Gasteiger partial charge in [-0.1, -0.05) is 51.6 Å². The predicted molar refractivity (Wildman–Crippen MR) is 112 cm³/mol. The number of hydrogen-bond donors (Lipinski definition) is 1. The summed E-state index contributed by atoms with van der Waals surface area (Å²) in [4.78, 5) is 12.3. The number of sulfonamides is 1. The maximum absolute atomic E-state index is 12.6. The fraction of sp³-hybridized carbons (Fsp3) is 0.118. The van der Waals surface area contributed by atoms with Gasteiger partial charge >= 0.3 is 0 Å². The second-order valence-corrected chi connectivity index (χ2v) is 9.34. The molecule has 1 aromatic heterocycles. The molecule has 29 heavy (non-hydrogen) atoms. The smallest absolute Gasteiger partial charge is 0.266 e. The number of aromatic nitrogens is 3. The Morgan fingerprint density at radius 3 is 2.28 bits per heavy atom. The van der Waals surface area contributed by atoms with E-state index < -0.39 is 15.9 Å². The SMILES string of the molecule is Cc1cc(Cl)cc(Cl)c1-n1nnc(C(=O)NS(=O)(=O)c2ccc(Cl)cc2Cl)c1C. The van der Waals surface area contributed by atoms with E-state index in [1.165, 1.54) is 28.9 Å². The van der Waals surface area contributed by atoms with Crippen LogP contribution in [0.25, 0.3) is 5.69 Å². The van der Waals surface area contributed by atoms with E-state index in [4.69, 9.17) is 46.4 Å². The Morgan fingerprint density at radius 2 is 1.66 bits per heavy atom. The van der Waals surface area contributed by atoms with Crippen LogP contribution in [0, 0.1) is 13.8 Å². The van der Waals surface area contributed by atoms with E-state index in [9.17, 15) is 13.2 Å². The molecule has 1 N–H and O–H groups in total. The highest BCUT2D eigenvalue weighted by molar-refractivity contribution is 7.90. The molecular weight excluding hydrogens is 482 g/mol. The summed E-state index contributed by atoms with van der Waals surface area (Å²) in [6.45, 7) is 3.32. The maximum Gasteiger partial charge on any atom is 0.287 e. The second-order valence-electron chi connectivity index (χ2n) is 6.00. The molecule has 1 amide bonds. The number of amides is 1. The summed E-state index contributed by atoms with van der Waals surface area (Å²) in [5, 5.41) is 8.61. The van der Waals surface area contributed by atoms with Crippen LogP contribution in [0.4, 0.5) is 0 Å². The van der Waals surface area contributed by atoms with Gasteiger partial charge in [0, 0.05) is 10.0 Å². The van der Waals surface area contributed by atoms with Gasteiger partial charge in [0.15, 0.2) is 5.69 Å². The molecule has 0 aliphatic rings. The molecule has 0 unspecified atom stereocenters. The largest absolute Gasteiger partial charge is 0.287 e. The average Bonchev–Trinajstić information content (AvgIpc) is 2.94. The third-order valence-corrected chi connectivity index (χ3v) is 6.51. The predicted octanol–water partition coefficient (Wildman–Crippen LogP) is 4.62. The molecular formula is C17H12Cl4N4O3S. The summed E-state index contributed by atoms with van der Waals surface area (Å²) < 4.78 is 28.3. The molecule has 3 aromatic rings. The third-order valence-electron chi connectivity index (χ3n) is 3.95. The van der Waals surface area contributed by atoms with Crippen molar-refractivity contribution >= 4 is 62.3 Å². The summed E-state index contributed by atoms with van der Waals surface area (Å²) in [5.41, 5.74) is 1.27. The van der Waals surface area contributed by atoms with Crippen LogP contribution < -0.4 is 4.72 Å². The van der Waals surface area contributed by atoms with Crippen molar-refractivity contribution in [2.75, 3.05) is 0 Å².